The summed E-state index contributed by atoms with van der Waals surface area (Å²) in [5, 5.41) is 6.22. The van der Waals surface area contributed by atoms with Crippen LogP contribution in [0.5, 0.6) is 0 Å². The Labute approximate surface area is 154 Å². The molecule has 3 aromatic rings. The fraction of sp³-hybridized carbons (Fsp3) is 0.182. The second-order valence-corrected chi connectivity index (χ2v) is 7.23. The minimum Gasteiger partial charge on any atom is -0.354 e. The molecule has 0 spiro atoms. The van der Waals surface area contributed by atoms with Gasteiger partial charge in [0, 0.05) is 23.1 Å². The minimum atomic E-state index is -0.126. The van der Waals surface area contributed by atoms with Gasteiger partial charge < -0.3 is 10.6 Å². The second kappa shape index (κ2) is 7.40. The summed E-state index contributed by atoms with van der Waals surface area (Å²) in [5.41, 5.74) is 4.45. The van der Waals surface area contributed by atoms with Gasteiger partial charge in [-0.15, -0.1) is 0 Å². The Morgan fingerprint density at radius 2 is 1.54 bits per heavy atom. The number of nitrogens with one attached hydrogen (secondary N) is 2. The van der Waals surface area contributed by atoms with Gasteiger partial charge in [-0.05, 0) is 53.4 Å². The van der Waals surface area contributed by atoms with Crippen LogP contribution in [-0.4, -0.2) is 10.9 Å². The van der Waals surface area contributed by atoms with Gasteiger partial charge >= 0.3 is 0 Å². The van der Waals surface area contributed by atoms with Crippen molar-refractivity contribution in [2.45, 2.75) is 26.2 Å². The molecule has 0 aliphatic carbocycles. The van der Waals surface area contributed by atoms with Gasteiger partial charge in [-0.3, -0.25) is 9.78 Å². The number of hydrogen-bond donors (Lipinski definition) is 2. The van der Waals surface area contributed by atoms with Crippen LogP contribution in [0.1, 0.15) is 36.7 Å². The van der Waals surface area contributed by atoms with Crippen LogP contribution in [0, 0.1) is 0 Å². The van der Waals surface area contributed by atoms with Gasteiger partial charge in [0.2, 0.25) is 0 Å². The molecule has 0 radical (unpaired) electrons. The number of para-hydroxylation sites is 1. The smallest absolute Gasteiger partial charge is 0.255 e. The summed E-state index contributed by atoms with van der Waals surface area (Å²) in [6.07, 6.45) is 3.69. The molecule has 0 aliphatic rings. The molecule has 0 fully saturated rings. The second-order valence-electron chi connectivity index (χ2n) is 7.23. The third-order valence-corrected chi connectivity index (χ3v) is 4.07. The number of benzene rings is 2. The largest absolute Gasteiger partial charge is 0.354 e. The highest BCUT2D eigenvalue weighted by Crippen LogP contribution is 2.25. The normalized spacial score (nSPS) is 11.0. The average molecular weight is 345 g/mol. The predicted molar refractivity (Wildman–Crippen MR) is 107 cm³/mol. The first-order valence-electron chi connectivity index (χ1n) is 8.61. The quantitative estimate of drug-likeness (QED) is 0.668. The van der Waals surface area contributed by atoms with Crippen LogP contribution in [0.4, 0.5) is 17.1 Å². The average Bonchev–Trinajstić information content (AvgIpc) is 2.63. The number of pyridine rings is 1. The standard InChI is InChI=1S/C22H23N3O/c1-22(2,3)17-13-20(15-23-14-17)24-19-11-9-16(10-12-19)21(26)25-18-7-5-4-6-8-18/h4-15,24H,1-3H3,(H,25,26). The SMILES string of the molecule is CC(C)(C)c1cncc(Nc2ccc(C(=O)Nc3ccccc3)cc2)c1. The highest BCUT2D eigenvalue weighted by atomic mass is 16.1. The number of rotatable bonds is 4. The van der Waals surface area contributed by atoms with Gasteiger partial charge in [0.05, 0.1) is 11.9 Å². The van der Waals surface area contributed by atoms with E-state index in [1.807, 2.05) is 60.8 Å². The maximum absolute atomic E-state index is 12.3. The molecule has 0 aliphatic heterocycles. The molecule has 1 heterocycles. The summed E-state index contributed by atoms with van der Waals surface area (Å²) in [6, 6.07) is 18.9. The lowest BCUT2D eigenvalue weighted by atomic mass is 9.88. The van der Waals surface area contributed by atoms with Crippen LogP contribution in [0.15, 0.2) is 73.1 Å². The van der Waals surface area contributed by atoms with E-state index in [0.29, 0.717) is 5.56 Å². The monoisotopic (exact) mass is 345 g/mol. The van der Waals surface area contributed by atoms with E-state index >= 15 is 0 Å². The zero-order valence-electron chi connectivity index (χ0n) is 15.3. The Morgan fingerprint density at radius 3 is 2.19 bits per heavy atom. The summed E-state index contributed by atoms with van der Waals surface area (Å²) in [4.78, 5) is 16.6. The molecule has 4 heteroatoms. The van der Waals surface area contributed by atoms with E-state index in [1.54, 1.807) is 6.20 Å². The van der Waals surface area contributed by atoms with Gasteiger partial charge in [0.1, 0.15) is 0 Å². The molecule has 2 aromatic carbocycles. The number of aromatic nitrogens is 1. The Morgan fingerprint density at radius 1 is 0.846 bits per heavy atom. The molecule has 0 saturated heterocycles. The number of hydrogen-bond acceptors (Lipinski definition) is 3. The minimum absolute atomic E-state index is 0.0457. The molecule has 3 rings (SSSR count). The molecule has 2 N–H and O–H groups in total. The molecular weight excluding hydrogens is 322 g/mol. The van der Waals surface area contributed by atoms with Crippen molar-refractivity contribution in [2.24, 2.45) is 0 Å². The number of amides is 1. The summed E-state index contributed by atoms with van der Waals surface area (Å²) >= 11 is 0. The van der Waals surface area contributed by atoms with Gasteiger partial charge in [0.15, 0.2) is 0 Å². The Bertz CT molecular complexity index is 881. The number of carbonyl (C=O) groups is 1. The van der Waals surface area contributed by atoms with Crippen molar-refractivity contribution in [1.82, 2.24) is 4.98 Å². The lowest BCUT2D eigenvalue weighted by Crippen LogP contribution is -2.12. The zero-order valence-corrected chi connectivity index (χ0v) is 15.3. The van der Waals surface area contributed by atoms with E-state index in [9.17, 15) is 4.79 Å². The Balaban J connectivity index is 1.69. The lowest BCUT2D eigenvalue weighted by molar-refractivity contribution is 0.102. The molecule has 1 aromatic heterocycles. The van der Waals surface area contributed by atoms with E-state index < -0.39 is 0 Å². The van der Waals surface area contributed by atoms with Crippen LogP contribution in [0.3, 0.4) is 0 Å². The molecule has 132 valence electrons. The van der Waals surface area contributed by atoms with Crippen molar-refractivity contribution in [3.8, 4) is 0 Å². The van der Waals surface area contributed by atoms with E-state index in [4.69, 9.17) is 0 Å². The molecule has 1 amide bonds. The van der Waals surface area contributed by atoms with Gasteiger partial charge in [0.25, 0.3) is 5.91 Å². The summed E-state index contributed by atoms with van der Waals surface area (Å²) in [7, 11) is 0. The van der Waals surface area contributed by atoms with E-state index in [1.165, 1.54) is 5.56 Å². The first-order chi connectivity index (χ1) is 12.4. The maximum Gasteiger partial charge on any atom is 0.255 e. The molecular formula is C22H23N3O. The Hall–Kier alpha value is -3.14. The first-order valence-corrected chi connectivity index (χ1v) is 8.61. The van der Waals surface area contributed by atoms with Crippen molar-refractivity contribution in [2.75, 3.05) is 10.6 Å². The van der Waals surface area contributed by atoms with Gasteiger partial charge in [-0.1, -0.05) is 39.0 Å². The lowest BCUT2D eigenvalue weighted by Gasteiger charge is -2.19. The summed E-state index contributed by atoms with van der Waals surface area (Å²) < 4.78 is 0. The van der Waals surface area contributed by atoms with Crippen molar-refractivity contribution in [3.05, 3.63) is 84.2 Å². The van der Waals surface area contributed by atoms with E-state index in [-0.39, 0.29) is 11.3 Å². The topological polar surface area (TPSA) is 54.0 Å². The highest BCUT2D eigenvalue weighted by Gasteiger charge is 2.14. The van der Waals surface area contributed by atoms with Crippen LogP contribution < -0.4 is 10.6 Å². The first kappa shape index (κ1) is 17.7. The number of carbonyl (C=O) groups excluding carboxylic acids is 1. The molecule has 4 nitrogen and oxygen atoms in total. The predicted octanol–water partition coefficient (Wildman–Crippen LogP) is 5.38. The van der Waals surface area contributed by atoms with Crippen LogP contribution in [0.25, 0.3) is 0 Å². The third-order valence-electron chi connectivity index (χ3n) is 4.07. The number of nitrogens with zero attached hydrogens (tertiary/aromatic N) is 1. The number of anilines is 3. The van der Waals surface area contributed by atoms with Crippen molar-refractivity contribution in [1.29, 1.82) is 0 Å². The third kappa shape index (κ3) is 4.48. The highest BCUT2D eigenvalue weighted by molar-refractivity contribution is 6.04. The zero-order chi connectivity index (χ0) is 18.6. The van der Waals surface area contributed by atoms with Crippen molar-refractivity contribution in [3.63, 3.8) is 0 Å². The van der Waals surface area contributed by atoms with E-state index in [0.717, 1.165) is 17.1 Å². The molecule has 0 atom stereocenters. The van der Waals surface area contributed by atoms with Crippen molar-refractivity contribution >= 4 is 23.0 Å². The molecule has 0 saturated carbocycles. The van der Waals surface area contributed by atoms with Crippen LogP contribution >= 0.6 is 0 Å². The van der Waals surface area contributed by atoms with Crippen LogP contribution in [0.2, 0.25) is 0 Å². The van der Waals surface area contributed by atoms with Gasteiger partial charge in [-0.2, -0.15) is 0 Å². The summed E-state index contributed by atoms with van der Waals surface area (Å²) in [5.74, 6) is -0.126. The molecule has 26 heavy (non-hydrogen) atoms. The molecule has 0 bridgehead atoms. The summed E-state index contributed by atoms with van der Waals surface area (Å²) in [6.45, 7) is 6.48. The van der Waals surface area contributed by atoms with E-state index in [2.05, 4.69) is 42.5 Å². The Kier molecular flexibility index (Phi) is 5.03. The van der Waals surface area contributed by atoms with Crippen molar-refractivity contribution < 1.29 is 4.79 Å². The fourth-order valence-electron chi connectivity index (χ4n) is 2.51. The van der Waals surface area contributed by atoms with Gasteiger partial charge in [-0.25, -0.2) is 0 Å². The maximum atomic E-state index is 12.3. The van der Waals surface area contributed by atoms with Crippen LogP contribution in [-0.2, 0) is 5.41 Å². The fourth-order valence-corrected chi connectivity index (χ4v) is 2.51. The molecule has 0 unspecified atom stereocenters.